The Morgan fingerprint density at radius 2 is 1.40 bits per heavy atom. The molecule has 0 aliphatic carbocycles. The van der Waals surface area contributed by atoms with Crippen molar-refractivity contribution in [1.29, 1.82) is 0 Å². The van der Waals surface area contributed by atoms with Gasteiger partial charge in [0, 0.05) is 11.3 Å². The molecule has 9 nitrogen and oxygen atoms in total. The number of nitrogens with one attached hydrogen (secondary N) is 1. The summed E-state index contributed by atoms with van der Waals surface area (Å²) in [5, 5.41) is 2.54. The van der Waals surface area contributed by atoms with Gasteiger partial charge in [-0.05, 0) is 43.3 Å². The number of rotatable bonds is 8. The van der Waals surface area contributed by atoms with E-state index in [1.54, 1.807) is 6.07 Å². The Morgan fingerprint density at radius 3 is 1.90 bits per heavy atom. The second-order valence-corrected chi connectivity index (χ2v) is 6.04. The monoisotopic (exact) mass is 415 g/mol. The van der Waals surface area contributed by atoms with Gasteiger partial charge in [-0.2, -0.15) is 0 Å². The molecule has 0 atom stereocenters. The Kier molecular flexibility index (Phi) is 7.51. The fraction of sp³-hybridized carbons (Fsp3) is 0.238. The zero-order valence-corrected chi connectivity index (χ0v) is 16.9. The highest BCUT2D eigenvalue weighted by molar-refractivity contribution is 5.99. The topological polar surface area (TPSA) is 117 Å². The highest BCUT2D eigenvalue weighted by atomic mass is 16.5. The number of ketones is 1. The number of ether oxygens (including phenoxy) is 4. The van der Waals surface area contributed by atoms with Crippen molar-refractivity contribution in [3.63, 3.8) is 0 Å². The minimum absolute atomic E-state index is 0.0677. The molecule has 0 fully saturated rings. The first-order valence-electron chi connectivity index (χ1n) is 8.72. The Hall–Kier alpha value is -3.88. The average Bonchev–Trinajstić information content (AvgIpc) is 2.75. The van der Waals surface area contributed by atoms with Gasteiger partial charge in [0.05, 0.1) is 32.5 Å². The number of benzene rings is 2. The van der Waals surface area contributed by atoms with Crippen LogP contribution in [0.2, 0.25) is 0 Å². The van der Waals surface area contributed by atoms with Gasteiger partial charge in [0.2, 0.25) is 0 Å². The van der Waals surface area contributed by atoms with Gasteiger partial charge in [0.25, 0.3) is 5.91 Å². The maximum absolute atomic E-state index is 12.3. The Bertz CT molecular complexity index is 949. The molecule has 0 unspecified atom stereocenters. The van der Waals surface area contributed by atoms with E-state index in [4.69, 9.17) is 9.47 Å². The van der Waals surface area contributed by atoms with Gasteiger partial charge in [0.1, 0.15) is 0 Å². The van der Waals surface area contributed by atoms with Crippen molar-refractivity contribution < 1.29 is 38.1 Å². The van der Waals surface area contributed by atoms with E-state index in [2.05, 4.69) is 14.8 Å². The van der Waals surface area contributed by atoms with Gasteiger partial charge < -0.3 is 24.3 Å². The Balaban J connectivity index is 2.15. The molecule has 2 aromatic carbocycles. The van der Waals surface area contributed by atoms with Crippen molar-refractivity contribution >= 4 is 29.3 Å². The lowest BCUT2D eigenvalue weighted by molar-refractivity contribution is -0.118. The second kappa shape index (κ2) is 10.1. The van der Waals surface area contributed by atoms with Crippen molar-refractivity contribution in [2.45, 2.75) is 6.92 Å². The summed E-state index contributed by atoms with van der Waals surface area (Å²) < 4.78 is 20.0. The minimum Gasteiger partial charge on any atom is -0.493 e. The SMILES string of the molecule is COC(=O)c1cc(NC(=O)COc2ccc(C(C)=O)cc2OC)cc(C(=O)OC)c1. The third kappa shape index (κ3) is 5.57. The lowest BCUT2D eigenvalue weighted by Crippen LogP contribution is -2.21. The van der Waals surface area contributed by atoms with Crippen LogP contribution in [0.15, 0.2) is 36.4 Å². The molecule has 0 heterocycles. The molecule has 2 rings (SSSR count). The fourth-order valence-electron chi connectivity index (χ4n) is 2.52. The normalized spacial score (nSPS) is 10.0. The molecule has 1 amide bonds. The van der Waals surface area contributed by atoms with E-state index >= 15 is 0 Å². The molecule has 158 valence electrons. The van der Waals surface area contributed by atoms with Gasteiger partial charge in [-0.3, -0.25) is 9.59 Å². The van der Waals surface area contributed by atoms with Crippen LogP contribution in [0.4, 0.5) is 5.69 Å². The summed E-state index contributed by atoms with van der Waals surface area (Å²) in [4.78, 5) is 47.4. The number of methoxy groups -OCH3 is 3. The molecule has 0 aliphatic rings. The maximum Gasteiger partial charge on any atom is 0.337 e. The maximum atomic E-state index is 12.3. The number of hydrogen-bond donors (Lipinski definition) is 1. The van der Waals surface area contributed by atoms with E-state index in [-0.39, 0.29) is 35.0 Å². The van der Waals surface area contributed by atoms with Crippen LogP contribution >= 0.6 is 0 Å². The number of anilines is 1. The summed E-state index contributed by atoms with van der Waals surface area (Å²) in [7, 11) is 3.81. The summed E-state index contributed by atoms with van der Waals surface area (Å²) in [5.74, 6) is -1.46. The van der Waals surface area contributed by atoms with Crippen molar-refractivity contribution in [3.05, 3.63) is 53.1 Å². The number of amides is 1. The van der Waals surface area contributed by atoms with E-state index < -0.39 is 17.8 Å². The molecule has 0 spiro atoms. The minimum atomic E-state index is -0.678. The van der Waals surface area contributed by atoms with Crippen LogP contribution in [0.1, 0.15) is 38.0 Å². The molecule has 1 N–H and O–H groups in total. The predicted octanol–water partition coefficient (Wildman–Crippen LogP) is 2.49. The van der Waals surface area contributed by atoms with E-state index in [0.717, 1.165) is 0 Å². The molecule has 0 saturated heterocycles. The lowest BCUT2D eigenvalue weighted by Gasteiger charge is -2.12. The Labute approximate surface area is 172 Å². The van der Waals surface area contributed by atoms with Crippen molar-refractivity contribution in [2.24, 2.45) is 0 Å². The van der Waals surface area contributed by atoms with Crippen LogP contribution in [0.3, 0.4) is 0 Å². The summed E-state index contributed by atoms with van der Waals surface area (Å²) >= 11 is 0. The standard InChI is InChI=1S/C21H21NO8/c1-12(23)13-5-6-17(18(10-13)27-2)30-11-19(24)22-16-8-14(20(25)28-3)7-15(9-16)21(26)29-4/h5-10H,11H2,1-4H3,(H,22,24). The molecule has 0 radical (unpaired) electrons. The highest BCUT2D eigenvalue weighted by Gasteiger charge is 2.16. The third-order valence-corrected chi connectivity index (χ3v) is 3.99. The number of carbonyl (C=O) groups is 4. The fourth-order valence-corrected chi connectivity index (χ4v) is 2.52. The molecule has 0 aromatic heterocycles. The zero-order chi connectivity index (χ0) is 22.3. The summed E-state index contributed by atoms with van der Waals surface area (Å²) in [6.45, 7) is 1.04. The first-order valence-corrected chi connectivity index (χ1v) is 8.72. The summed E-state index contributed by atoms with van der Waals surface area (Å²) in [6.07, 6.45) is 0. The lowest BCUT2D eigenvalue weighted by atomic mass is 10.1. The third-order valence-electron chi connectivity index (χ3n) is 3.99. The summed E-state index contributed by atoms with van der Waals surface area (Å²) in [5.41, 5.74) is 0.764. The first kappa shape index (κ1) is 22.4. The van der Waals surface area contributed by atoms with E-state index in [1.807, 2.05) is 0 Å². The second-order valence-electron chi connectivity index (χ2n) is 6.04. The zero-order valence-electron chi connectivity index (χ0n) is 16.9. The van der Waals surface area contributed by atoms with Crippen LogP contribution in [-0.2, 0) is 14.3 Å². The van der Waals surface area contributed by atoms with Crippen LogP contribution < -0.4 is 14.8 Å². The number of Topliss-reactive ketones (excluding diaryl/α,β-unsaturated/α-hetero) is 1. The molecule has 0 bridgehead atoms. The predicted molar refractivity (Wildman–Crippen MR) is 106 cm³/mol. The van der Waals surface area contributed by atoms with Gasteiger partial charge in [-0.1, -0.05) is 0 Å². The molecular formula is C21H21NO8. The average molecular weight is 415 g/mol. The van der Waals surface area contributed by atoms with Crippen molar-refractivity contribution in [2.75, 3.05) is 33.3 Å². The van der Waals surface area contributed by atoms with Gasteiger partial charge in [-0.15, -0.1) is 0 Å². The van der Waals surface area contributed by atoms with E-state index in [1.165, 1.54) is 58.6 Å². The molecule has 0 aliphatic heterocycles. The van der Waals surface area contributed by atoms with Gasteiger partial charge >= 0.3 is 11.9 Å². The molecule has 30 heavy (non-hydrogen) atoms. The Morgan fingerprint density at radius 1 is 0.800 bits per heavy atom. The molecule has 2 aromatic rings. The summed E-state index contributed by atoms with van der Waals surface area (Å²) in [6, 6.07) is 8.61. The first-order chi connectivity index (χ1) is 14.3. The van der Waals surface area contributed by atoms with Gasteiger partial charge in [0.15, 0.2) is 23.9 Å². The largest absolute Gasteiger partial charge is 0.493 e. The van der Waals surface area contributed by atoms with Crippen LogP contribution in [-0.4, -0.2) is 51.6 Å². The number of carbonyl (C=O) groups excluding carboxylic acids is 4. The van der Waals surface area contributed by atoms with Gasteiger partial charge in [-0.25, -0.2) is 9.59 Å². The molecular weight excluding hydrogens is 394 g/mol. The molecule has 0 saturated carbocycles. The van der Waals surface area contributed by atoms with Crippen LogP contribution in [0.25, 0.3) is 0 Å². The highest BCUT2D eigenvalue weighted by Crippen LogP contribution is 2.28. The quantitative estimate of drug-likeness (QED) is 0.516. The van der Waals surface area contributed by atoms with Crippen molar-refractivity contribution in [3.8, 4) is 11.5 Å². The number of hydrogen-bond acceptors (Lipinski definition) is 8. The van der Waals surface area contributed by atoms with Crippen molar-refractivity contribution in [1.82, 2.24) is 0 Å². The van der Waals surface area contributed by atoms with Crippen LogP contribution in [0.5, 0.6) is 11.5 Å². The van der Waals surface area contributed by atoms with Crippen LogP contribution in [0, 0.1) is 0 Å². The smallest absolute Gasteiger partial charge is 0.337 e. The molecule has 9 heteroatoms. The van der Waals surface area contributed by atoms with E-state index in [0.29, 0.717) is 11.3 Å². The van der Waals surface area contributed by atoms with E-state index in [9.17, 15) is 19.2 Å². The number of esters is 2.